The lowest BCUT2D eigenvalue weighted by Gasteiger charge is -2.52. The molecule has 1 saturated carbocycles. The molecule has 5 nitrogen and oxygen atoms in total. The van der Waals surface area contributed by atoms with E-state index in [0.29, 0.717) is 17.7 Å². The molecule has 3 saturated heterocycles. The molecule has 1 unspecified atom stereocenters. The Labute approximate surface area is 135 Å². The van der Waals surface area contributed by atoms with Crippen LogP contribution in [0.2, 0.25) is 0 Å². The largest absolute Gasteiger partial charge is 0.346 e. The van der Waals surface area contributed by atoms with Crippen LogP contribution in [0.5, 0.6) is 0 Å². The SMILES string of the molecule is Cn1nc(C(=O)NC2C3CCN(CC3)C23CC3)c2ccccc21. The van der Waals surface area contributed by atoms with Crippen molar-refractivity contribution in [2.75, 3.05) is 13.1 Å². The van der Waals surface area contributed by atoms with E-state index in [1.165, 1.54) is 38.8 Å². The highest BCUT2D eigenvalue weighted by atomic mass is 16.2. The van der Waals surface area contributed by atoms with Crippen LogP contribution in [0, 0.1) is 5.92 Å². The van der Waals surface area contributed by atoms with Gasteiger partial charge < -0.3 is 5.32 Å². The average molecular weight is 310 g/mol. The maximum absolute atomic E-state index is 12.9. The summed E-state index contributed by atoms with van der Waals surface area (Å²) in [5.74, 6) is 0.633. The predicted octanol–water partition coefficient (Wildman–Crippen LogP) is 1.93. The molecule has 2 aromatic rings. The summed E-state index contributed by atoms with van der Waals surface area (Å²) >= 11 is 0. The van der Waals surface area contributed by atoms with Gasteiger partial charge in [0.1, 0.15) is 0 Å². The van der Waals surface area contributed by atoms with E-state index in [-0.39, 0.29) is 11.4 Å². The fourth-order valence-electron chi connectivity index (χ4n) is 4.91. The van der Waals surface area contributed by atoms with Crippen molar-refractivity contribution in [2.24, 2.45) is 13.0 Å². The van der Waals surface area contributed by atoms with E-state index in [9.17, 15) is 4.79 Å². The molecule has 1 N–H and O–H groups in total. The van der Waals surface area contributed by atoms with E-state index in [4.69, 9.17) is 0 Å². The molecular formula is C18H22N4O. The van der Waals surface area contributed by atoms with Crippen LogP contribution in [0.15, 0.2) is 24.3 Å². The van der Waals surface area contributed by atoms with E-state index in [1.54, 1.807) is 4.68 Å². The van der Waals surface area contributed by atoms with E-state index < -0.39 is 0 Å². The van der Waals surface area contributed by atoms with E-state index in [0.717, 1.165) is 10.9 Å². The van der Waals surface area contributed by atoms with Crippen molar-refractivity contribution in [2.45, 2.75) is 37.3 Å². The molecule has 6 rings (SSSR count). The molecule has 4 aliphatic rings. The summed E-state index contributed by atoms with van der Waals surface area (Å²) in [7, 11) is 1.90. The molecule has 1 amide bonds. The van der Waals surface area contributed by atoms with Gasteiger partial charge in [0.25, 0.3) is 5.91 Å². The highest BCUT2D eigenvalue weighted by molar-refractivity contribution is 6.05. The van der Waals surface area contributed by atoms with Crippen molar-refractivity contribution in [1.82, 2.24) is 20.0 Å². The molecule has 2 bridgehead atoms. The third kappa shape index (κ3) is 1.83. The molecule has 4 heterocycles. The number of aromatic nitrogens is 2. The Morgan fingerprint density at radius 2 is 2.00 bits per heavy atom. The van der Waals surface area contributed by atoms with Gasteiger partial charge in [0.2, 0.25) is 0 Å². The predicted molar refractivity (Wildman–Crippen MR) is 88.2 cm³/mol. The lowest BCUT2D eigenvalue weighted by molar-refractivity contribution is -0.00151. The summed E-state index contributed by atoms with van der Waals surface area (Å²) in [6.07, 6.45) is 4.90. The minimum atomic E-state index is -0.00757. The van der Waals surface area contributed by atoms with Crippen molar-refractivity contribution < 1.29 is 4.79 Å². The topological polar surface area (TPSA) is 50.2 Å². The molecule has 1 spiro atoms. The minimum Gasteiger partial charge on any atom is -0.346 e. The number of carbonyl (C=O) groups excluding carboxylic acids is 1. The molecule has 5 heteroatoms. The van der Waals surface area contributed by atoms with Crippen LogP contribution in [-0.2, 0) is 7.05 Å². The zero-order valence-electron chi connectivity index (χ0n) is 13.5. The Hall–Kier alpha value is -1.88. The molecule has 1 aromatic heterocycles. The first kappa shape index (κ1) is 13.5. The first-order valence-electron chi connectivity index (χ1n) is 8.67. The second kappa shape index (κ2) is 4.57. The molecule has 23 heavy (non-hydrogen) atoms. The molecule has 1 aliphatic carbocycles. The Balaban J connectivity index is 1.47. The van der Waals surface area contributed by atoms with Crippen LogP contribution >= 0.6 is 0 Å². The fraction of sp³-hybridized carbons (Fsp3) is 0.556. The number of carbonyl (C=O) groups is 1. The maximum Gasteiger partial charge on any atom is 0.272 e. The summed E-state index contributed by atoms with van der Waals surface area (Å²) in [6.45, 7) is 2.42. The van der Waals surface area contributed by atoms with Gasteiger partial charge in [-0.15, -0.1) is 0 Å². The van der Waals surface area contributed by atoms with Crippen LogP contribution in [0.25, 0.3) is 10.9 Å². The van der Waals surface area contributed by atoms with Gasteiger partial charge in [-0.3, -0.25) is 14.4 Å². The van der Waals surface area contributed by atoms with Crippen molar-refractivity contribution in [1.29, 1.82) is 0 Å². The monoisotopic (exact) mass is 310 g/mol. The second-order valence-corrected chi connectivity index (χ2v) is 7.37. The minimum absolute atomic E-state index is 0.00757. The molecular weight excluding hydrogens is 288 g/mol. The standard InChI is InChI=1S/C18H22N4O/c1-21-14-5-3-2-4-13(14)15(20-21)17(23)19-16-12-6-10-22(11-7-12)18(16)8-9-18/h2-5,12,16H,6-11H2,1H3,(H,19,23). The third-order valence-corrected chi connectivity index (χ3v) is 6.24. The van der Waals surface area contributed by atoms with E-state index in [1.807, 2.05) is 31.3 Å². The van der Waals surface area contributed by atoms with Crippen molar-refractivity contribution in [3.63, 3.8) is 0 Å². The molecule has 0 radical (unpaired) electrons. The normalized spacial score (nSPS) is 30.7. The average Bonchev–Trinajstić information content (AvgIpc) is 3.29. The quantitative estimate of drug-likeness (QED) is 0.922. The van der Waals surface area contributed by atoms with E-state index >= 15 is 0 Å². The lowest BCUT2D eigenvalue weighted by Crippen LogP contribution is -2.65. The van der Waals surface area contributed by atoms with Gasteiger partial charge in [-0.25, -0.2) is 0 Å². The number of nitrogens with one attached hydrogen (secondary N) is 1. The second-order valence-electron chi connectivity index (χ2n) is 7.37. The highest BCUT2D eigenvalue weighted by Crippen LogP contribution is 2.53. The Kier molecular flexibility index (Phi) is 2.69. The lowest BCUT2D eigenvalue weighted by atomic mass is 9.77. The molecule has 120 valence electrons. The number of fused-ring (bicyclic) bond motifs is 3. The number of benzene rings is 1. The van der Waals surface area contributed by atoms with Gasteiger partial charge in [-0.05, 0) is 50.8 Å². The van der Waals surface area contributed by atoms with Gasteiger partial charge in [0.15, 0.2) is 5.69 Å². The van der Waals surface area contributed by atoms with Gasteiger partial charge in [-0.1, -0.05) is 18.2 Å². The summed E-state index contributed by atoms with van der Waals surface area (Å²) in [5.41, 5.74) is 1.84. The fourth-order valence-corrected chi connectivity index (χ4v) is 4.91. The van der Waals surface area contributed by atoms with E-state index in [2.05, 4.69) is 15.3 Å². The van der Waals surface area contributed by atoms with Gasteiger partial charge >= 0.3 is 0 Å². The Bertz CT molecular complexity index is 783. The zero-order chi connectivity index (χ0) is 15.6. The van der Waals surface area contributed by atoms with Crippen LogP contribution in [0.1, 0.15) is 36.2 Å². The molecule has 1 atom stereocenters. The van der Waals surface area contributed by atoms with Gasteiger partial charge in [0.05, 0.1) is 11.6 Å². The highest BCUT2D eigenvalue weighted by Gasteiger charge is 2.60. The van der Waals surface area contributed by atoms with Crippen molar-refractivity contribution in [3.05, 3.63) is 30.0 Å². The Morgan fingerprint density at radius 1 is 1.26 bits per heavy atom. The molecule has 1 aromatic carbocycles. The van der Waals surface area contributed by atoms with Crippen LogP contribution < -0.4 is 5.32 Å². The molecule has 3 aliphatic heterocycles. The summed E-state index contributed by atoms with van der Waals surface area (Å²) in [6, 6.07) is 8.25. The van der Waals surface area contributed by atoms with Crippen LogP contribution in [0.3, 0.4) is 0 Å². The first-order valence-corrected chi connectivity index (χ1v) is 8.67. The van der Waals surface area contributed by atoms with Crippen molar-refractivity contribution in [3.8, 4) is 0 Å². The first-order chi connectivity index (χ1) is 11.2. The van der Waals surface area contributed by atoms with Gasteiger partial charge in [0, 0.05) is 18.0 Å². The van der Waals surface area contributed by atoms with Gasteiger partial charge in [-0.2, -0.15) is 5.10 Å². The number of hydrogen-bond donors (Lipinski definition) is 1. The summed E-state index contributed by atoms with van der Waals surface area (Å²) in [4.78, 5) is 15.5. The number of aryl methyl sites for hydroxylation is 1. The number of para-hydroxylation sites is 1. The number of nitrogens with zero attached hydrogens (tertiary/aromatic N) is 3. The van der Waals surface area contributed by atoms with Crippen LogP contribution in [-0.4, -0.2) is 45.3 Å². The van der Waals surface area contributed by atoms with Crippen molar-refractivity contribution >= 4 is 16.8 Å². The number of piperidine rings is 3. The third-order valence-electron chi connectivity index (χ3n) is 6.24. The smallest absolute Gasteiger partial charge is 0.272 e. The van der Waals surface area contributed by atoms with Crippen LogP contribution in [0.4, 0.5) is 0 Å². The summed E-state index contributed by atoms with van der Waals surface area (Å²) in [5, 5.41) is 8.79. The number of rotatable bonds is 2. The number of hydrogen-bond acceptors (Lipinski definition) is 3. The Morgan fingerprint density at radius 3 is 2.74 bits per heavy atom. The molecule has 4 fully saturated rings. The number of amides is 1. The maximum atomic E-state index is 12.9. The zero-order valence-corrected chi connectivity index (χ0v) is 13.5. The summed E-state index contributed by atoms with van der Waals surface area (Å²) < 4.78 is 1.80.